The lowest BCUT2D eigenvalue weighted by molar-refractivity contribution is 0.102. The highest BCUT2D eigenvalue weighted by Crippen LogP contribution is 2.27. The Balaban J connectivity index is 2.23. The lowest BCUT2D eigenvalue weighted by Crippen LogP contribution is -2.12. The van der Waals surface area contributed by atoms with Crippen molar-refractivity contribution in [3.8, 4) is 0 Å². The quantitative estimate of drug-likeness (QED) is 0.899. The van der Waals surface area contributed by atoms with E-state index in [-0.39, 0.29) is 5.91 Å². The maximum absolute atomic E-state index is 11.9. The van der Waals surface area contributed by atoms with Crippen LogP contribution in [-0.4, -0.2) is 10.9 Å². The number of thiazole rings is 1. The van der Waals surface area contributed by atoms with Gasteiger partial charge in [0.2, 0.25) is 0 Å². The number of halogens is 2. The van der Waals surface area contributed by atoms with Crippen molar-refractivity contribution in [1.82, 2.24) is 4.98 Å². The van der Waals surface area contributed by atoms with E-state index in [4.69, 9.17) is 11.6 Å². The molecule has 0 spiro atoms. The molecule has 0 radical (unpaired) electrons. The number of anilines is 1. The first-order valence-electron chi connectivity index (χ1n) is 4.75. The number of benzene rings is 1. The summed E-state index contributed by atoms with van der Waals surface area (Å²) in [5, 5.41) is 5.56. The summed E-state index contributed by atoms with van der Waals surface area (Å²) in [5.74, 6) is -0.259. The molecule has 6 heteroatoms. The van der Waals surface area contributed by atoms with Crippen LogP contribution in [0.1, 0.15) is 16.1 Å². The Kier molecular flexibility index (Phi) is 3.81. The molecule has 0 aliphatic rings. The molecule has 1 aromatic heterocycles. The van der Waals surface area contributed by atoms with Crippen LogP contribution in [0.4, 0.5) is 5.13 Å². The highest BCUT2D eigenvalue weighted by molar-refractivity contribution is 9.10. The number of rotatable bonds is 2. The van der Waals surface area contributed by atoms with Crippen molar-refractivity contribution in [2.75, 3.05) is 5.32 Å². The lowest BCUT2D eigenvalue weighted by Gasteiger charge is -2.05. The zero-order chi connectivity index (χ0) is 12.4. The number of hydrogen-bond donors (Lipinski definition) is 1. The Morgan fingerprint density at radius 1 is 1.53 bits per heavy atom. The van der Waals surface area contributed by atoms with Crippen molar-refractivity contribution in [2.24, 2.45) is 0 Å². The number of nitrogens with one attached hydrogen (secondary N) is 1. The predicted molar refractivity (Wildman–Crippen MR) is 74.0 cm³/mol. The molecule has 0 saturated heterocycles. The molecule has 1 heterocycles. The molecule has 2 rings (SSSR count). The van der Waals surface area contributed by atoms with Gasteiger partial charge < -0.3 is 0 Å². The van der Waals surface area contributed by atoms with E-state index in [0.29, 0.717) is 20.2 Å². The lowest BCUT2D eigenvalue weighted by atomic mass is 10.2. The molecule has 0 fully saturated rings. The molecule has 0 saturated carbocycles. The first-order valence-corrected chi connectivity index (χ1v) is 6.80. The standard InChI is InChI=1S/C11H8BrClN2OS/c1-6-5-17-11(14-6)15-10(16)7-3-2-4-8(12)9(7)13/h2-5H,1H3,(H,14,15,16). The minimum absolute atomic E-state index is 0.259. The van der Waals surface area contributed by atoms with Gasteiger partial charge in [-0.3, -0.25) is 10.1 Å². The van der Waals surface area contributed by atoms with Crippen molar-refractivity contribution >= 4 is 49.9 Å². The molecule has 3 nitrogen and oxygen atoms in total. The second-order valence-electron chi connectivity index (χ2n) is 3.35. The van der Waals surface area contributed by atoms with Gasteiger partial charge in [0, 0.05) is 9.85 Å². The Bertz CT molecular complexity index is 570. The van der Waals surface area contributed by atoms with E-state index in [2.05, 4.69) is 26.2 Å². The second-order valence-corrected chi connectivity index (χ2v) is 5.44. The van der Waals surface area contributed by atoms with E-state index < -0.39 is 0 Å². The summed E-state index contributed by atoms with van der Waals surface area (Å²) in [5.41, 5.74) is 1.31. The summed E-state index contributed by atoms with van der Waals surface area (Å²) in [4.78, 5) is 16.1. The largest absolute Gasteiger partial charge is 0.298 e. The molecular weight excluding hydrogens is 324 g/mol. The van der Waals surface area contributed by atoms with Gasteiger partial charge in [0.05, 0.1) is 16.3 Å². The number of aryl methyl sites for hydroxylation is 1. The van der Waals surface area contributed by atoms with Crippen molar-refractivity contribution < 1.29 is 4.79 Å². The monoisotopic (exact) mass is 330 g/mol. The fraction of sp³-hybridized carbons (Fsp3) is 0.0909. The van der Waals surface area contributed by atoms with E-state index in [9.17, 15) is 4.79 Å². The molecule has 1 aromatic carbocycles. The number of carbonyl (C=O) groups is 1. The molecule has 0 aliphatic heterocycles. The SMILES string of the molecule is Cc1csc(NC(=O)c2cccc(Br)c2Cl)n1. The molecule has 17 heavy (non-hydrogen) atoms. The topological polar surface area (TPSA) is 42.0 Å². The molecule has 0 aliphatic carbocycles. The number of carbonyl (C=O) groups excluding carboxylic acids is 1. The van der Waals surface area contributed by atoms with Gasteiger partial charge in [-0.25, -0.2) is 4.98 Å². The van der Waals surface area contributed by atoms with E-state index in [1.807, 2.05) is 12.3 Å². The average Bonchev–Trinajstić information content (AvgIpc) is 2.68. The Labute approximate surface area is 116 Å². The summed E-state index contributed by atoms with van der Waals surface area (Å²) in [6, 6.07) is 5.22. The van der Waals surface area contributed by atoms with E-state index in [1.165, 1.54) is 11.3 Å². The van der Waals surface area contributed by atoms with Crippen molar-refractivity contribution in [3.05, 3.63) is 44.3 Å². The summed E-state index contributed by atoms with van der Waals surface area (Å²) >= 11 is 10.7. The van der Waals surface area contributed by atoms with Crippen molar-refractivity contribution in [1.29, 1.82) is 0 Å². The molecule has 0 atom stereocenters. The number of nitrogens with zero attached hydrogens (tertiary/aromatic N) is 1. The maximum Gasteiger partial charge on any atom is 0.258 e. The Morgan fingerprint density at radius 2 is 2.29 bits per heavy atom. The maximum atomic E-state index is 11.9. The number of aromatic nitrogens is 1. The predicted octanol–water partition coefficient (Wildman–Crippen LogP) is 4.12. The minimum Gasteiger partial charge on any atom is -0.298 e. The van der Waals surface area contributed by atoms with Crippen molar-refractivity contribution in [2.45, 2.75) is 6.92 Å². The zero-order valence-corrected chi connectivity index (χ0v) is 12.0. The fourth-order valence-corrected chi connectivity index (χ4v) is 2.52. The summed E-state index contributed by atoms with van der Waals surface area (Å²) < 4.78 is 0.696. The Hall–Kier alpha value is -0.910. The number of amides is 1. The van der Waals surface area contributed by atoms with Gasteiger partial charge in [0.25, 0.3) is 5.91 Å². The van der Waals surface area contributed by atoms with Crippen LogP contribution in [0.2, 0.25) is 5.02 Å². The highest BCUT2D eigenvalue weighted by atomic mass is 79.9. The zero-order valence-electron chi connectivity index (χ0n) is 8.83. The van der Waals surface area contributed by atoms with Crippen LogP contribution in [0.3, 0.4) is 0 Å². The third kappa shape index (κ3) is 2.86. The van der Waals surface area contributed by atoms with Gasteiger partial charge in [-0.1, -0.05) is 17.7 Å². The summed E-state index contributed by atoms with van der Waals surface area (Å²) in [7, 11) is 0. The number of hydrogen-bond acceptors (Lipinski definition) is 3. The summed E-state index contributed by atoms with van der Waals surface area (Å²) in [6.45, 7) is 1.87. The molecule has 1 N–H and O–H groups in total. The van der Waals surface area contributed by atoms with E-state index in [1.54, 1.807) is 18.2 Å². The van der Waals surface area contributed by atoms with Gasteiger partial charge in [0.1, 0.15) is 0 Å². The van der Waals surface area contributed by atoms with E-state index in [0.717, 1.165) is 5.69 Å². The second kappa shape index (κ2) is 5.16. The Morgan fingerprint density at radius 3 is 2.94 bits per heavy atom. The summed E-state index contributed by atoms with van der Waals surface area (Å²) in [6.07, 6.45) is 0. The first-order chi connectivity index (χ1) is 8.08. The van der Waals surface area contributed by atoms with Crippen LogP contribution in [0.5, 0.6) is 0 Å². The normalized spacial score (nSPS) is 10.3. The van der Waals surface area contributed by atoms with Crippen LogP contribution in [0.15, 0.2) is 28.1 Å². The third-order valence-electron chi connectivity index (χ3n) is 2.04. The van der Waals surface area contributed by atoms with Crippen LogP contribution >= 0.6 is 38.9 Å². The average molecular weight is 332 g/mol. The smallest absolute Gasteiger partial charge is 0.258 e. The highest BCUT2D eigenvalue weighted by Gasteiger charge is 2.13. The van der Waals surface area contributed by atoms with Crippen LogP contribution < -0.4 is 5.32 Å². The van der Waals surface area contributed by atoms with Crippen LogP contribution in [0, 0.1) is 6.92 Å². The molecule has 2 aromatic rings. The van der Waals surface area contributed by atoms with Crippen molar-refractivity contribution in [3.63, 3.8) is 0 Å². The van der Waals surface area contributed by atoms with Gasteiger partial charge in [-0.2, -0.15) is 0 Å². The minimum atomic E-state index is -0.259. The fourth-order valence-electron chi connectivity index (χ4n) is 1.26. The molecule has 0 unspecified atom stereocenters. The van der Waals surface area contributed by atoms with Gasteiger partial charge in [-0.15, -0.1) is 11.3 Å². The van der Waals surface area contributed by atoms with Gasteiger partial charge in [-0.05, 0) is 35.0 Å². The van der Waals surface area contributed by atoms with Gasteiger partial charge in [0.15, 0.2) is 5.13 Å². The first kappa shape index (κ1) is 12.5. The third-order valence-corrected chi connectivity index (χ3v) is 4.21. The molecular formula is C11H8BrClN2OS. The molecule has 0 bridgehead atoms. The molecule has 88 valence electrons. The van der Waals surface area contributed by atoms with E-state index >= 15 is 0 Å². The molecule has 1 amide bonds. The van der Waals surface area contributed by atoms with Crippen LogP contribution in [0.25, 0.3) is 0 Å². The van der Waals surface area contributed by atoms with Gasteiger partial charge >= 0.3 is 0 Å². The van der Waals surface area contributed by atoms with Crippen LogP contribution in [-0.2, 0) is 0 Å².